The highest BCUT2D eigenvalue weighted by Crippen LogP contribution is 2.31. The van der Waals surface area contributed by atoms with Gasteiger partial charge < -0.3 is 9.72 Å². The molecule has 0 bridgehead atoms. The van der Waals surface area contributed by atoms with Crippen LogP contribution in [0, 0.1) is 18.3 Å². The van der Waals surface area contributed by atoms with E-state index in [-0.39, 0.29) is 22.8 Å². The van der Waals surface area contributed by atoms with E-state index in [9.17, 15) is 14.9 Å². The summed E-state index contributed by atoms with van der Waals surface area (Å²) in [6.45, 7) is 3.58. The number of hydrogen-bond acceptors (Lipinski definition) is 4. The number of halogens is 1. The lowest BCUT2D eigenvalue weighted by molar-refractivity contribution is 0.0527. The number of aromatic nitrogens is 1. The second-order valence-corrected chi connectivity index (χ2v) is 4.97. The van der Waals surface area contributed by atoms with Crippen molar-refractivity contribution < 1.29 is 9.53 Å². The van der Waals surface area contributed by atoms with Crippen molar-refractivity contribution in [2.24, 2.45) is 0 Å². The lowest BCUT2D eigenvalue weighted by Gasteiger charge is -2.12. The number of carbonyl (C=O) groups excluding carboxylic acids is 1. The molecule has 22 heavy (non-hydrogen) atoms. The lowest BCUT2D eigenvalue weighted by atomic mass is 9.96. The molecule has 6 heteroatoms. The Morgan fingerprint density at radius 2 is 2.14 bits per heavy atom. The van der Waals surface area contributed by atoms with Crippen LogP contribution in [-0.4, -0.2) is 17.6 Å². The number of hydrogen-bond donors (Lipinski definition) is 1. The molecule has 1 heterocycles. The van der Waals surface area contributed by atoms with Gasteiger partial charge in [0.05, 0.1) is 17.2 Å². The molecule has 1 N–H and O–H groups in total. The van der Waals surface area contributed by atoms with Gasteiger partial charge in [0.2, 0.25) is 0 Å². The van der Waals surface area contributed by atoms with Gasteiger partial charge in [-0.15, -0.1) is 0 Å². The van der Waals surface area contributed by atoms with Crippen molar-refractivity contribution in [2.45, 2.75) is 13.8 Å². The topological polar surface area (TPSA) is 83.0 Å². The third-order valence-electron chi connectivity index (χ3n) is 3.06. The number of benzene rings is 1. The Morgan fingerprint density at radius 3 is 2.77 bits per heavy atom. The Kier molecular flexibility index (Phi) is 4.64. The first kappa shape index (κ1) is 15.8. The van der Waals surface area contributed by atoms with Gasteiger partial charge in [0.15, 0.2) is 0 Å². The molecule has 0 radical (unpaired) electrons. The van der Waals surface area contributed by atoms with Crippen LogP contribution in [0.25, 0.3) is 11.1 Å². The summed E-state index contributed by atoms with van der Waals surface area (Å²) in [5.74, 6) is -0.593. The summed E-state index contributed by atoms with van der Waals surface area (Å²) in [7, 11) is 0. The number of carbonyl (C=O) groups is 1. The maximum Gasteiger partial charge on any atom is 0.340 e. The van der Waals surface area contributed by atoms with E-state index in [0.717, 1.165) is 0 Å². The van der Waals surface area contributed by atoms with Gasteiger partial charge in [0, 0.05) is 11.3 Å². The van der Waals surface area contributed by atoms with Crippen molar-refractivity contribution >= 4 is 17.6 Å². The van der Waals surface area contributed by atoms with E-state index in [1.54, 1.807) is 38.1 Å². The molecule has 0 saturated heterocycles. The molecule has 1 aromatic carbocycles. The molecule has 0 unspecified atom stereocenters. The average Bonchev–Trinajstić information content (AvgIpc) is 2.46. The fraction of sp³-hybridized carbons (Fsp3) is 0.188. The van der Waals surface area contributed by atoms with Gasteiger partial charge in [-0.25, -0.2) is 4.79 Å². The first-order chi connectivity index (χ1) is 10.5. The van der Waals surface area contributed by atoms with Crippen molar-refractivity contribution in [3.8, 4) is 17.2 Å². The average molecular weight is 317 g/mol. The van der Waals surface area contributed by atoms with E-state index in [2.05, 4.69) is 4.98 Å². The summed E-state index contributed by atoms with van der Waals surface area (Å²) < 4.78 is 5.01. The van der Waals surface area contributed by atoms with E-state index in [1.165, 1.54) is 0 Å². The molecular weight excluding hydrogens is 304 g/mol. The van der Waals surface area contributed by atoms with Gasteiger partial charge in [0.1, 0.15) is 11.6 Å². The van der Waals surface area contributed by atoms with Crippen LogP contribution in [0.1, 0.15) is 28.5 Å². The molecule has 2 aromatic rings. The van der Waals surface area contributed by atoms with Crippen LogP contribution >= 0.6 is 11.6 Å². The Balaban J connectivity index is 2.80. The molecular formula is C16H13ClN2O3. The van der Waals surface area contributed by atoms with Crippen molar-refractivity contribution in [2.75, 3.05) is 6.61 Å². The monoisotopic (exact) mass is 316 g/mol. The molecule has 0 aliphatic rings. The number of nitrogens with zero attached hydrogens (tertiary/aromatic N) is 1. The quantitative estimate of drug-likeness (QED) is 0.882. The molecule has 2 rings (SSSR count). The minimum Gasteiger partial charge on any atom is -0.462 e. The van der Waals surface area contributed by atoms with Gasteiger partial charge in [-0.1, -0.05) is 23.7 Å². The molecule has 0 spiro atoms. The van der Waals surface area contributed by atoms with Crippen LogP contribution in [-0.2, 0) is 4.74 Å². The standard InChI is InChI=1S/C16H13ClN2O3/c1-3-22-16(21)14-10(5-4-6-13(14)17)11-7-9(2)19-15(20)12(11)8-18/h4-7H,3H2,1-2H3,(H,19,20). The molecule has 5 nitrogen and oxygen atoms in total. The predicted molar refractivity (Wildman–Crippen MR) is 82.9 cm³/mol. The molecule has 112 valence electrons. The van der Waals surface area contributed by atoms with Crippen molar-refractivity contribution in [1.82, 2.24) is 4.98 Å². The summed E-state index contributed by atoms with van der Waals surface area (Å²) >= 11 is 6.12. The van der Waals surface area contributed by atoms with E-state index in [1.807, 2.05) is 6.07 Å². The normalized spacial score (nSPS) is 10.1. The van der Waals surface area contributed by atoms with E-state index >= 15 is 0 Å². The molecule has 0 aliphatic heterocycles. The molecule has 0 atom stereocenters. The fourth-order valence-electron chi connectivity index (χ4n) is 2.17. The molecule has 0 fully saturated rings. The van der Waals surface area contributed by atoms with E-state index in [4.69, 9.17) is 16.3 Å². The largest absolute Gasteiger partial charge is 0.462 e. The van der Waals surface area contributed by atoms with Crippen molar-refractivity contribution in [3.05, 3.63) is 56.5 Å². The highest BCUT2D eigenvalue weighted by atomic mass is 35.5. The highest BCUT2D eigenvalue weighted by molar-refractivity contribution is 6.34. The Labute approximate surface area is 132 Å². The molecule has 1 aromatic heterocycles. The molecule has 0 aliphatic carbocycles. The lowest BCUT2D eigenvalue weighted by Crippen LogP contribution is -2.14. The first-order valence-electron chi connectivity index (χ1n) is 6.59. The number of aromatic amines is 1. The van der Waals surface area contributed by atoms with Gasteiger partial charge in [-0.3, -0.25) is 4.79 Å². The van der Waals surface area contributed by atoms with Crippen LogP contribution in [0.5, 0.6) is 0 Å². The summed E-state index contributed by atoms with van der Waals surface area (Å²) in [5, 5.41) is 9.44. The summed E-state index contributed by atoms with van der Waals surface area (Å²) in [4.78, 5) is 26.6. The van der Waals surface area contributed by atoms with E-state index < -0.39 is 11.5 Å². The van der Waals surface area contributed by atoms with Crippen LogP contribution in [0.3, 0.4) is 0 Å². The number of nitrogens with one attached hydrogen (secondary N) is 1. The maximum absolute atomic E-state index is 12.2. The zero-order valence-corrected chi connectivity index (χ0v) is 12.8. The summed E-state index contributed by atoms with van der Waals surface area (Å²) in [6, 6.07) is 8.34. The van der Waals surface area contributed by atoms with Gasteiger partial charge in [-0.05, 0) is 31.5 Å². The number of H-pyrrole nitrogens is 1. The molecule has 0 amide bonds. The van der Waals surface area contributed by atoms with Crippen LogP contribution in [0.2, 0.25) is 5.02 Å². The minimum atomic E-state index is -0.593. The van der Waals surface area contributed by atoms with Gasteiger partial charge in [-0.2, -0.15) is 5.26 Å². The number of aryl methyl sites for hydroxylation is 1. The minimum absolute atomic E-state index is 0.0709. The van der Waals surface area contributed by atoms with Gasteiger partial charge >= 0.3 is 5.97 Å². The highest BCUT2D eigenvalue weighted by Gasteiger charge is 2.21. The van der Waals surface area contributed by atoms with Crippen LogP contribution < -0.4 is 5.56 Å². The van der Waals surface area contributed by atoms with Crippen molar-refractivity contribution in [1.29, 1.82) is 5.26 Å². The van der Waals surface area contributed by atoms with E-state index in [0.29, 0.717) is 16.8 Å². The van der Waals surface area contributed by atoms with Crippen molar-refractivity contribution in [3.63, 3.8) is 0 Å². The molecule has 0 saturated carbocycles. The fourth-order valence-corrected chi connectivity index (χ4v) is 2.42. The van der Waals surface area contributed by atoms with Crippen LogP contribution in [0.15, 0.2) is 29.1 Å². The van der Waals surface area contributed by atoms with Crippen LogP contribution in [0.4, 0.5) is 0 Å². The SMILES string of the molecule is CCOC(=O)c1c(Cl)cccc1-c1cc(C)[nH]c(=O)c1C#N. The number of rotatable bonds is 3. The number of esters is 1. The van der Waals surface area contributed by atoms with Gasteiger partial charge in [0.25, 0.3) is 5.56 Å². The predicted octanol–water partition coefficient (Wildman–Crippen LogP) is 3.05. The zero-order valence-electron chi connectivity index (χ0n) is 12.1. The number of nitriles is 1. The Morgan fingerprint density at radius 1 is 1.41 bits per heavy atom. The summed E-state index contributed by atoms with van der Waals surface area (Å²) in [5.41, 5.74) is 0.901. The summed E-state index contributed by atoms with van der Waals surface area (Å²) in [6.07, 6.45) is 0. The maximum atomic E-state index is 12.2. The second-order valence-electron chi connectivity index (χ2n) is 4.56. The number of ether oxygens (including phenoxy) is 1. The second kappa shape index (κ2) is 6.46. The third-order valence-corrected chi connectivity index (χ3v) is 3.38. The smallest absolute Gasteiger partial charge is 0.340 e. The first-order valence-corrected chi connectivity index (χ1v) is 6.97. The Hall–Kier alpha value is -2.58. The third kappa shape index (κ3) is 2.87. The number of pyridine rings is 1. The zero-order chi connectivity index (χ0) is 16.3. The Bertz CT molecular complexity index is 834.